The summed E-state index contributed by atoms with van der Waals surface area (Å²) in [6.07, 6.45) is 3.35. The van der Waals surface area contributed by atoms with E-state index < -0.39 is 0 Å². The average molecular weight is 334 g/mol. The number of likely N-dealkylation sites (tertiary alicyclic amines) is 1. The second kappa shape index (κ2) is 10.3. The molecule has 1 aliphatic rings. The topological polar surface area (TPSA) is 50.8 Å². The van der Waals surface area contributed by atoms with E-state index in [9.17, 15) is 4.79 Å². The molecule has 1 saturated heterocycles. The number of rotatable bonds is 10. The molecule has 0 aliphatic carbocycles. The van der Waals surface area contributed by atoms with Crippen LogP contribution < -0.4 is 10.1 Å². The Morgan fingerprint density at radius 3 is 2.79 bits per heavy atom. The predicted octanol–water partition coefficient (Wildman–Crippen LogP) is 2.10. The zero-order valence-corrected chi connectivity index (χ0v) is 14.9. The van der Waals surface area contributed by atoms with E-state index >= 15 is 0 Å². The van der Waals surface area contributed by atoms with Crippen molar-refractivity contribution in [1.82, 2.24) is 10.2 Å². The lowest BCUT2D eigenvalue weighted by molar-refractivity contribution is -0.130. The summed E-state index contributed by atoms with van der Waals surface area (Å²) in [4.78, 5) is 14.2. The van der Waals surface area contributed by atoms with Gasteiger partial charge in [-0.05, 0) is 56.5 Å². The van der Waals surface area contributed by atoms with Crippen LogP contribution in [0.15, 0.2) is 24.3 Å². The first kappa shape index (κ1) is 18.7. The SMILES string of the molecule is CNCC1CCN(C(=O)CCCOc2ccc(CCOC)cc2)C1. The second-order valence-electron chi connectivity index (χ2n) is 6.39. The largest absolute Gasteiger partial charge is 0.494 e. The van der Waals surface area contributed by atoms with Crippen LogP contribution >= 0.6 is 0 Å². The van der Waals surface area contributed by atoms with Gasteiger partial charge >= 0.3 is 0 Å². The summed E-state index contributed by atoms with van der Waals surface area (Å²) in [6, 6.07) is 8.09. The van der Waals surface area contributed by atoms with Crippen molar-refractivity contribution in [3.63, 3.8) is 0 Å². The van der Waals surface area contributed by atoms with Gasteiger partial charge in [-0.25, -0.2) is 0 Å². The van der Waals surface area contributed by atoms with E-state index in [1.807, 2.05) is 24.1 Å². The Bertz CT molecular complexity index is 490. The summed E-state index contributed by atoms with van der Waals surface area (Å²) in [7, 11) is 3.67. The Hall–Kier alpha value is -1.59. The highest BCUT2D eigenvalue weighted by molar-refractivity contribution is 5.76. The number of benzene rings is 1. The molecule has 24 heavy (non-hydrogen) atoms. The summed E-state index contributed by atoms with van der Waals surface area (Å²) in [5.41, 5.74) is 1.24. The number of hydrogen-bond donors (Lipinski definition) is 1. The molecule has 0 saturated carbocycles. The molecule has 2 rings (SSSR count). The quantitative estimate of drug-likeness (QED) is 0.666. The molecule has 0 radical (unpaired) electrons. The fourth-order valence-electron chi connectivity index (χ4n) is 3.06. The minimum absolute atomic E-state index is 0.257. The number of carbonyl (C=O) groups excluding carboxylic acids is 1. The van der Waals surface area contributed by atoms with Crippen molar-refractivity contribution in [2.24, 2.45) is 5.92 Å². The number of hydrogen-bond acceptors (Lipinski definition) is 4. The molecule has 1 N–H and O–H groups in total. The van der Waals surface area contributed by atoms with Gasteiger partial charge in [-0.2, -0.15) is 0 Å². The Balaban J connectivity index is 1.61. The van der Waals surface area contributed by atoms with Crippen LogP contribution in [0.3, 0.4) is 0 Å². The summed E-state index contributed by atoms with van der Waals surface area (Å²) < 4.78 is 10.8. The maximum Gasteiger partial charge on any atom is 0.222 e. The molecule has 1 heterocycles. The third-order valence-electron chi connectivity index (χ3n) is 4.45. The van der Waals surface area contributed by atoms with Crippen molar-refractivity contribution in [1.29, 1.82) is 0 Å². The van der Waals surface area contributed by atoms with Gasteiger partial charge in [-0.15, -0.1) is 0 Å². The highest BCUT2D eigenvalue weighted by Gasteiger charge is 2.25. The Morgan fingerprint density at radius 2 is 2.08 bits per heavy atom. The van der Waals surface area contributed by atoms with Gasteiger partial charge in [0, 0.05) is 26.6 Å². The van der Waals surface area contributed by atoms with Crippen LogP contribution in [0, 0.1) is 5.92 Å². The van der Waals surface area contributed by atoms with Gasteiger partial charge in [-0.1, -0.05) is 12.1 Å². The van der Waals surface area contributed by atoms with Gasteiger partial charge in [0.15, 0.2) is 0 Å². The maximum atomic E-state index is 12.2. The Kier molecular flexibility index (Phi) is 8.05. The number of carbonyl (C=O) groups is 1. The molecule has 0 aromatic heterocycles. The summed E-state index contributed by atoms with van der Waals surface area (Å²) >= 11 is 0. The lowest BCUT2D eigenvalue weighted by Crippen LogP contribution is -2.30. The number of nitrogens with zero attached hydrogens (tertiary/aromatic N) is 1. The third-order valence-corrected chi connectivity index (χ3v) is 4.45. The molecule has 0 spiro atoms. The first-order valence-corrected chi connectivity index (χ1v) is 8.86. The minimum atomic E-state index is 0.257. The average Bonchev–Trinajstić information content (AvgIpc) is 3.07. The number of methoxy groups -OCH3 is 1. The van der Waals surface area contributed by atoms with E-state index in [2.05, 4.69) is 17.4 Å². The smallest absolute Gasteiger partial charge is 0.222 e. The molecule has 1 atom stereocenters. The standard InChI is InChI=1S/C19H30N2O3/c1-20-14-17-9-11-21(15-17)19(22)4-3-12-24-18-7-5-16(6-8-18)10-13-23-2/h5-8,17,20H,3-4,9-15H2,1-2H3. The molecule has 1 aromatic carbocycles. The monoisotopic (exact) mass is 334 g/mol. The van der Waals surface area contributed by atoms with Crippen molar-refractivity contribution in [2.45, 2.75) is 25.7 Å². The number of ether oxygens (including phenoxy) is 2. The van der Waals surface area contributed by atoms with Gasteiger partial charge in [0.25, 0.3) is 0 Å². The van der Waals surface area contributed by atoms with Crippen LogP contribution in [-0.2, 0) is 16.0 Å². The minimum Gasteiger partial charge on any atom is -0.494 e. The van der Waals surface area contributed by atoms with Crippen molar-refractivity contribution in [2.75, 3.05) is 47.0 Å². The molecule has 5 heteroatoms. The maximum absolute atomic E-state index is 12.2. The van der Waals surface area contributed by atoms with Crippen molar-refractivity contribution in [3.05, 3.63) is 29.8 Å². The van der Waals surface area contributed by atoms with E-state index in [-0.39, 0.29) is 5.91 Å². The number of nitrogens with one attached hydrogen (secondary N) is 1. The van der Waals surface area contributed by atoms with Crippen LogP contribution in [0.2, 0.25) is 0 Å². The van der Waals surface area contributed by atoms with E-state index in [1.54, 1.807) is 7.11 Å². The second-order valence-corrected chi connectivity index (χ2v) is 6.39. The molecule has 1 aliphatic heterocycles. The van der Waals surface area contributed by atoms with Crippen molar-refractivity contribution in [3.8, 4) is 5.75 Å². The highest BCUT2D eigenvalue weighted by Crippen LogP contribution is 2.17. The molecule has 1 aromatic rings. The van der Waals surface area contributed by atoms with Crippen molar-refractivity contribution >= 4 is 5.91 Å². The Labute approximate surface area is 145 Å². The van der Waals surface area contributed by atoms with E-state index in [0.29, 0.717) is 18.9 Å². The van der Waals surface area contributed by atoms with Crippen molar-refractivity contribution < 1.29 is 14.3 Å². The van der Waals surface area contributed by atoms with Crippen LogP contribution in [0.5, 0.6) is 5.75 Å². The van der Waals surface area contributed by atoms with Gasteiger partial charge in [0.2, 0.25) is 5.91 Å². The first-order chi connectivity index (χ1) is 11.7. The van der Waals surface area contributed by atoms with Crippen LogP contribution in [0.25, 0.3) is 0 Å². The number of amides is 1. The van der Waals surface area contributed by atoms with Gasteiger partial charge in [0.05, 0.1) is 13.2 Å². The molecule has 1 amide bonds. The molecule has 1 unspecified atom stereocenters. The van der Waals surface area contributed by atoms with Crippen LogP contribution in [0.4, 0.5) is 0 Å². The molecular weight excluding hydrogens is 304 g/mol. The molecular formula is C19H30N2O3. The summed E-state index contributed by atoms with van der Waals surface area (Å²) in [5.74, 6) is 1.72. The lowest BCUT2D eigenvalue weighted by Gasteiger charge is -2.16. The highest BCUT2D eigenvalue weighted by atomic mass is 16.5. The molecule has 0 bridgehead atoms. The van der Waals surface area contributed by atoms with Crippen LogP contribution in [-0.4, -0.2) is 57.8 Å². The lowest BCUT2D eigenvalue weighted by atomic mass is 10.1. The zero-order valence-electron chi connectivity index (χ0n) is 14.9. The summed E-state index contributed by atoms with van der Waals surface area (Å²) in [5, 5.41) is 3.19. The zero-order chi connectivity index (χ0) is 17.2. The van der Waals surface area contributed by atoms with E-state index in [0.717, 1.165) is 51.3 Å². The van der Waals surface area contributed by atoms with Gasteiger partial charge < -0.3 is 19.7 Å². The Morgan fingerprint density at radius 1 is 1.29 bits per heavy atom. The van der Waals surface area contributed by atoms with Crippen LogP contribution in [0.1, 0.15) is 24.8 Å². The molecule has 1 fully saturated rings. The van der Waals surface area contributed by atoms with E-state index in [4.69, 9.17) is 9.47 Å². The van der Waals surface area contributed by atoms with Gasteiger partial charge in [0.1, 0.15) is 5.75 Å². The summed E-state index contributed by atoms with van der Waals surface area (Å²) in [6.45, 7) is 4.09. The molecule has 5 nitrogen and oxygen atoms in total. The molecule has 134 valence electrons. The predicted molar refractivity (Wildman–Crippen MR) is 95.4 cm³/mol. The first-order valence-electron chi connectivity index (χ1n) is 8.86. The normalized spacial score (nSPS) is 17.2. The fraction of sp³-hybridized carbons (Fsp3) is 0.632. The van der Waals surface area contributed by atoms with Gasteiger partial charge in [-0.3, -0.25) is 4.79 Å². The third kappa shape index (κ3) is 6.13. The fourth-order valence-corrected chi connectivity index (χ4v) is 3.06. The van der Waals surface area contributed by atoms with E-state index in [1.165, 1.54) is 5.56 Å².